The minimum Gasteiger partial charge on any atom is -0.361 e. The Morgan fingerprint density at radius 3 is 2.89 bits per heavy atom. The van der Waals surface area contributed by atoms with Crippen molar-refractivity contribution in [2.45, 2.75) is 26.0 Å². The van der Waals surface area contributed by atoms with Crippen LogP contribution in [0.25, 0.3) is 0 Å². The van der Waals surface area contributed by atoms with Gasteiger partial charge in [0, 0.05) is 5.75 Å². The van der Waals surface area contributed by atoms with E-state index < -0.39 is 23.0 Å². The van der Waals surface area contributed by atoms with Crippen molar-refractivity contribution in [1.82, 2.24) is 4.72 Å². The lowest BCUT2D eigenvalue weighted by Gasteiger charge is -2.37. The zero-order chi connectivity index (χ0) is 14.0. The third kappa shape index (κ3) is 3.54. The summed E-state index contributed by atoms with van der Waals surface area (Å²) < 4.78 is 33.9. The Bertz CT molecular complexity index is 484. The van der Waals surface area contributed by atoms with E-state index >= 15 is 0 Å². The Kier molecular flexibility index (Phi) is 4.95. The van der Waals surface area contributed by atoms with Gasteiger partial charge in [0.15, 0.2) is 0 Å². The molecule has 1 N–H and O–H groups in total. The predicted molar refractivity (Wildman–Crippen MR) is 74.9 cm³/mol. The van der Waals surface area contributed by atoms with Crippen molar-refractivity contribution in [3.05, 3.63) is 34.6 Å². The van der Waals surface area contributed by atoms with Crippen molar-refractivity contribution in [2.24, 2.45) is 5.92 Å². The van der Waals surface area contributed by atoms with E-state index in [1.165, 1.54) is 6.07 Å². The molecule has 19 heavy (non-hydrogen) atoms. The molecule has 3 atom stereocenters. The van der Waals surface area contributed by atoms with Gasteiger partial charge in [-0.15, -0.1) is 0 Å². The summed E-state index contributed by atoms with van der Waals surface area (Å²) in [5.74, 6) is 0.313. The van der Waals surface area contributed by atoms with E-state index in [9.17, 15) is 8.60 Å². The Morgan fingerprint density at radius 1 is 1.58 bits per heavy atom. The maximum atomic E-state index is 13.9. The second-order valence-corrected chi connectivity index (χ2v) is 6.69. The Labute approximate surface area is 120 Å². The van der Waals surface area contributed by atoms with Gasteiger partial charge in [0.1, 0.15) is 12.0 Å². The Morgan fingerprint density at radius 2 is 2.32 bits per heavy atom. The SMILES string of the molecule is CC(C)CS(=O)NC1OCC1c1cccc(Cl)c1F. The van der Waals surface area contributed by atoms with E-state index in [0.717, 1.165) is 0 Å². The molecule has 1 aromatic rings. The summed E-state index contributed by atoms with van der Waals surface area (Å²) in [6.07, 6.45) is -0.410. The first-order chi connectivity index (χ1) is 8.99. The van der Waals surface area contributed by atoms with Crippen LogP contribution < -0.4 is 4.72 Å². The highest BCUT2D eigenvalue weighted by molar-refractivity contribution is 7.83. The van der Waals surface area contributed by atoms with Gasteiger partial charge >= 0.3 is 0 Å². The lowest BCUT2D eigenvalue weighted by Crippen LogP contribution is -2.49. The summed E-state index contributed by atoms with van der Waals surface area (Å²) in [7, 11) is -1.17. The molecule has 0 bridgehead atoms. The third-order valence-electron chi connectivity index (χ3n) is 2.93. The number of benzene rings is 1. The van der Waals surface area contributed by atoms with Crippen molar-refractivity contribution in [1.29, 1.82) is 0 Å². The van der Waals surface area contributed by atoms with Crippen LogP contribution in [0, 0.1) is 11.7 Å². The summed E-state index contributed by atoms with van der Waals surface area (Å²) in [5.41, 5.74) is 0.512. The minimum absolute atomic E-state index is 0.103. The molecule has 2 rings (SSSR count). The van der Waals surface area contributed by atoms with E-state index in [1.54, 1.807) is 12.1 Å². The molecule has 0 aliphatic carbocycles. The Balaban J connectivity index is 2.02. The number of halogens is 2. The molecule has 1 aliphatic heterocycles. The number of hydrogen-bond donors (Lipinski definition) is 1. The van der Waals surface area contributed by atoms with Gasteiger partial charge in [-0.1, -0.05) is 37.6 Å². The van der Waals surface area contributed by atoms with Gasteiger partial charge in [-0.25, -0.2) is 13.3 Å². The van der Waals surface area contributed by atoms with Gasteiger partial charge in [-0.3, -0.25) is 0 Å². The second kappa shape index (κ2) is 6.31. The van der Waals surface area contributed by atoms with Gasteiger partial charge in [0.25, 0.3) is 0 Å². The van der Waals surface area contributed by atoms with Crippen molar-refractivity contribution in [3.8, 4) is 0 Å². The van der Waals surface area contributed by atoms with Gasteiger partial charge < -0.3 is 4.74 Å². The summed E-state index contributed by atoms with van der Waals surface area (Å²) in [5, 5.41) is 0.103. The molecular weight excluding hydrogens is 289 g/mol. The normalized spacial score (nSPS) is 24.3. The number of rotatable bonds is 5. The molecule has 1 saturated heterocycles. The van der Waals surface area contributed by atoms with E-state index in [-0.39, 0.29) is 10.9 Å². The lowest BCUT2D eigenvalue weighted by atomic mass is 9.94. The molecule has 3 nitrogen and oxygen atoms in total. The largest absolute Gasteiger partial charge is 0.361 e. The Hall–Kier alpha value is -0.490. The molecule has 106 valence electrons. The average Bonchev–Trinajstić information content (AvgIpc) is 2.30. The fraction of sp³-hybridized carbons (Fsp3) is 0.538. The molecule has 3 unspecified atom stereocenters. The van der Waals surface area contributed by atoms with E-state index in [2.05, 4.69) is 4.72 Å². The molecular formula is C13H17ClFNO2S. The quantitative estimate of drug-likeness (QED) is 0.908. The van der Waals surface area contributed by atoms with Crippen LogP contribution in [0.2, 0.25) is 5.02 Å². The van der Waals surface area contributed by atoms with Gasteiger partial charge in [0.05, 0.1) is 28.5 Å². The first kappa shape index (κ1) is 14.9. The van der Waals surface area contributed by atoms with Crippen LogP contribution in [-0.2, 0) is 15.7 Å². The molecule has 0 amide bonds. The molecule has 1 fully saturated rings. The van der Waals surface area contributed by atoms with Crippen molar-refractivity contribution < 1.29 is 13.3 Å². The second-order valence-electron chi connectivity index (χ2n) is 5.03. The van der Waals surface area contributed by atoms with Crippen LogP contribution in [0.1, 0.15) is 25.3 Å². The van der Waals surface area contributed by atoms with Crippen LogP contribution in [0.5, 0.6) is 0 Å². The molecule has 1 aromatic carbocycles. The summed E-state index contributed by atoms with van der Waals surface area (Å²) in [6, 6.07) is 4.91. The number of nitrogens with one attached hydrogen (secondary N) is 1. The highest BCUT2D eigenvalue weighted by Gasteiger charge is 2.36. The first-order valence-corrected chi connectivity index (χ1v) is 7.88. The van der Waals surface area contributed by atoms with Gasteiger partial charge in [-0.05, 0) is 17.5 Å². The van der Waals surface area contributed by atoms with Gasteiger partial charge in [-0.2, -0.15) is 0 Å². The molecule has 0 spiro atoms. The lowest BCUT2D eigenvalue weighted by molar-refractivity contribution is -0.0830. The highest BCUT2D eigenvalue weighted by Crippen LogP contribution is 2.33. The van der Waals surface area contributed by atoms with Crippen LogP contribution in [0.3, 0.4) is 0 Å². The van der Waals surface area contributed by atoms with Crippen molar-refractivity contribution >= 4 is 22.6 Å². The van der Waals surface area contributed by atoms with Gasteiger partial charge in [0.2, 0.25) is 0 Å². The third-order valence-corrected chi connectivity index (χ3v) is 4.69. The molecule has 6 heteroatoms. The average molecular weight is 306 g/mol. The highest BCUT2D eigenvalue weighted by atomic mass is 35.5. The minimum atomic E-state index is -1.17. The summed E-state index contributed by atoms with van der Waals surface area (Å²) in [4.78, 5) is 0. The molecule has 1 heterocycles. The molecule has 0 radical (unpaired) electrons. The fourth-order valence-corrected chi connectivity index (χ4v) is 3.32. The molecule has 1 aliphatic rings. The van der Waals surface area contributed by atoms with Crippen LogP contribution in [-0.4, -0.2) is 22.8 Å². The summed E-state index contributed by atoms with van der Waals surface area (Å²) >= 11 is 5.77. The zero-order valence-electron chi connectivity index (χ0n) is 10.9. The van der Waals surface area contributed by atoms with Crippen LogP contribution in [0.4, 0.5) is 4.39 Å². The number of ether oxygens (including phenoxy) is 1. The fourth-order valence-electron chi connectivity index (χ4n) is 1.94. The van der Waals surface area contributed by atoms with Crippen molar-refractivity contribution in [2.75, 3.05) is 12.4 Å². The first-order valence-electron chi connectivity index (χ1n) is 6.19. The van der Waals surface area contributed by atoms with Crippen molar-refractivity contribution in [3.63, 3.8) is 0 Å². The zero-order valence-corrected chi connectivity index (χ0v) is 12.4. The maximum Gasteiger partial charge on any atom is 0.145 e. The smallest absolute Gasteiger partial charge is 0.145 e. The number of hydrogen-bond acceptors (Lipinski definition) is 2. The standard InChI is InChI=1S/C13H17ClFNO2S/c1-8(2)7-19(17)16-13-10(6-18-13)9-4-3-5-11(14)12(9)15/h3-5,8,10,13,16H,6-7H2,1-2H3. The monoisotopic (exact) mass is 305 g/mol. The maximum absolute atomic E-state index is 13.9. The molecule has 0 saturated carbocycles. The predicted octanol–water partition coefficient (Wildman–Crippen LogP) is 2.83. The van der Waals surface area contributed by atoms with E-state index in [4.69, 9.17) is 16.3 Å². The van der Waals surface area contributed by atoms with Crippen LogP contribution in [0.15, 0.2) is 18.2 Å². The summed E-state index contributed by atoms with van der Waals surface area (Å²) in [6.45, 7) is 4.40. The topological polar surface area (TPSA) is 38.3 Å². The van der Waals surface area contributed by atoms with E-state index in [1.807, 2.05) is 13.8 Å². The van der Waals surface area contributed by atoms with E-state index in [0.29, 0.717) is 23.8 Å². The van der Waals surface area contributed by atoms with Crippen LogP contribution >= 0.6 is 11.6 Å². The molecule has 0 aromatic heterocycles.